The van der Waals surface area contributed by atoms with Gasteiger partial charge in [-0.1, -0.05) is 5.92 Å². The van der Waals surface area contributed by atoms with Gasteiger partial charge in [0.05, 0.1) is 6.54 Å². The number of rotatable bonds is 3. The van der Waals surface area contributed by atoms with E-state index in [4.69, 9.17) is 6.42 Å². The molecule has 0 aromatic carbocycles. The highest BCUT2D eigenvalue weighted by molar-refractivity contribution is 5.78. The molecule has 2 N–H and O–H groups in total. The monoisotopic (exact) mass is 210 g/mol. The third kappa shape index (κ3) is 2.95. The first-order valence-corrected chi connectivity index (χ1v) is 5.21. The maximum Gasteiger partial charge on any atom is 0.323 e. The van der Waals surface area contributed by atoms with Crippen LogP contribution < -0.4 is 5.32 Å². The minimum Gasteiger partial charge on any atom is -0.480 e. The molecule has 1 rings (SSSR count). The van der Waals surface area contributed by atoms with E-state index in [2.05, 4.69) is 16.1 Å². The van der Waals surface area contributed by atoms with Crippen molar-refractivity contribution >= 4 is 5.97 Å². The Bertz CT molecular complexity index is 272. The molecule has 0 bridgehead atoms. The van der Waals surface area contributed by atoms with Gasteiger partial charge in [0, 0.05) is 6.54 Å². The van der Waals surface area contributed by atoms with Gasteiger partial charge in [-0.2, -0.15) is 0 Å². The zero-order valence-corrected chi connectivity index (χ0v) is 9.12. The lowest BCUT2D eigenvalue weighted by molar-refractivity contribution is -0.145. The first-order valence-electron chi connectivity index (χ1n) is 5.21. The fourth-order valence-corrected chi connectivity index (χ4v) is 1.96. The summed E-state index contributed by atoms with van der Waals surface area (Å²) in [5.74, 6) is 1.65. The van der Waals surface area contributed by atoms with Gasteiger partial charge in [-0.05, 0) is 32.9 Å². The van der Waals surface area contributed by atoms with Crippen molar-refractivity contribution in [1.29, 1.82) is 0 Å². The normalized spacial score (nSPS) is 28.0. The predicted molar refractivity (Wildman–Crippen MR) is 58.6 cm³/mol. The van der Waals surface area contributed by atoms with E-state index in [-0.39, 0.29) is 0 Å². The minimum absolute atomic E-state index is 0.315. The number of hydrogen-bond donors (Lipinski definition) is 2. The molecular formula is C11H18N2O2. The highest BCUT2D eigenvalue weighted by Gasteiger charge is 2.38. The fraction of sp³-hybridized carbons (Fsp3) is 0.727. The smallest absolute Gasteiger partial charge is 0.323 e. The minimum atomic E-state index is -0.822. The maximum atomic E-state index is 11.3. The Hall–Kier alpha value is -1.05. The number of nitrogens with one attached hydrogen (secondary N) is 1. The average molecular weight is 210 g/mol. The predicted octanol–water partition coefficient (Wildman–Crippen LogP) is 0.148. The molecule has 4 heteroatoms. The van der Waals surface area contributed by atoms with Crippen molar-refractivity contribution in [2.24, 2.45) is 0 Å². The highest BCUT2D eigenvalue weighted by atomic mass is 16.4. The van der Waals surface area contributed by atoms with E-state index in [1.54, 1.807) is 0 Å². The molecule has 0 radical (unpaired) electrons. The van der Waals surface area contributed by atoms with Crippen LogP contribution in [0.25, 0.3) is 0 Å². The van der Waals surface area contributed by atoms with E-state index in [1.807, 2.05) is 7.05 Å². The molecule has 15 heavy (non-hydrogen) atoms. The largest absolute Gasteiger partial charge is 0.480 e. The van der Waals surface area contributed by atoms with Crippen LogP contribution >= 0.6 is 0 Å². The van der Waals surface area contributed by atoms with E-state index in [0.717, 1.165) is 19.5 Å². The van der Waals surface area contributed by atoms with Gasteiger partial charge in [-0.15, -0.1) is 6.42 Å². The first-order chi connectivity index (χ1) is 7.10. The summed E-state index contributed by atoms with van der Waals surface area (Å²) in [4.78, 5) is 13.4. The quantitative estimate of drug-likeness (QED) is 0.651. The third-order valence-electron chi connectivity index (χ3n) is 3.00. The Balaban J connectivity index is 2.71. The van der Waals surface area contributed by atoms with Crippen molar-refractivity contribution < 1.29 is 9.90 Å². The number of carboxylic acid groups (broad SMARTS) is 1. The highest BCUT2D eigenvalue weighted by Crippen LogP contribution is 2.22. The third-order valence-corrected chi connectivity index (χ3v) is 3.00. The van der Waals surface area contributed by atoms with E-state index in [9.17, 15) is 9.90 Å². The van der Waals surface area contributed by atoms with E-state index < -0.39 is 11.5 Å². The zero-order chi connectivity index (χ0) is 11.3. The summed E-state index contributed by atoms with van der Waals surface area (Å²) in [5, 5.41) is 12.3. The van der Waals surface area contributed by atoms with Crippen molar-refractivity contribution in [3.63, 3.8) is 0 Å². The van der Waals surface area contributed by atoms with Crippen molar-refractivity contribution in [1.82, 2.24) is 10.2 Å². The van der Waals surface area contributed by atoms with Gasteiger partial charge in [0.15, 0.2) is 0 Å². The zero-order valence-electron chi connectivity index (χ0n) is 9.12. The summed E-state index contributed by atoms with van der Waals surface area (Å²) < 4.78 is 0. The van der Waals surface area contributed by atoms with E-state index in [1.165, 1.54) is 0 Å². The van der Waals surface area contributed by atoms with Crippen LogP contribution in [0.4, 0.5) is 0 Å². The molecule has 0 aromatic rings. The topological polar surface area (TPSA) is 52.6 Å². The summed E-state index contributed by atoms with van der Waals surface area (Å²) in [5.41, 5.74) is -0.822. The second-order valence-corrected chi connectivity index (χ2v) is 4.10. The number of aliphatic carboxylic acids is 1. The molecular weight excluding hydrogens is 192 g/mol. The van der Waals surface area contributed by atoms with Gasteiger partial charge in [0.2, 0.25) is 0 Å². The molecule has 0 spiro atoms. The Morgan fingerprint density at radius 2 is 2.33 bits per heavy atom. The number of carboxylic acids is 1. The summed E-state index contributed by atoms with van der Waals surface area (Å²) in [6.45, 7) is 2.06. The molecule has 1 heterocycles. The molecule has 0 aromatic heterocycles. The van der Waals surface area contributed by atoms with Gasteiger partial charge >= 0.3 is 5.97 Å². The number of likely N-dealkylation sites (tertiary alicyclic amines) is 1. The second-order valence-electron chi connectivity index (χ2n) is 4.10. The molecule has 0 saturated carbocycles. The average Bonchev–Trinajstić information content (AvgIpc) is 2.39. The lowest BCUT2D eigenvalue weighted by Gasteiger charge is -2.28. The molecule has 1 aliphatic rings. The molecule has 4 nitrogen and oxygen atoms in total. The molecule has 1 atom stereocenters. The summed E-state index contributed by atoms with van der Waals surface area (Å²) >= 11 is 0. The number of carbonyl (C=O) groups is 1. The maximum absolute atomic E-state index is 11.3. The van der Waals surface area contributed by atoms with Crippen LogP contribution in [0.1, 0.15) is 19.3 Å². The number of nitrogens with zero attached hydrogens (tertiary/aromatic N) is 1. The Morgan fingerprint density at radius 1 is 1.60 bits per heavy atom. The van der Waals surface area contributed by atoms with Crippen molar-refractivity contribution in [2.75, 3.05) is 26.7 Å². The van der Waals surface area contributed by atoms with Crippen LogP contribution in [-0.4, -0.2) is 48.2 Å². The second kappa shape index (κ2) is 5.15. The van der Waals surface area contributed by atoms with Crippen molar-refractivity contribution in [3.05, 3.63) is 0 Å². The SMILES string of the molecule is C#CCNC1(C(=O)O)CCCN(C)CC1. The molecule has 0 aliphatic carbocycles. The Kier molecular flexibility index (Phi) is 4.13. The number of hydrogen-bond acceptors (Lipinski definition) is 3. The van der Waals surface area contributed by atoms with Gasteiger partial charge in [0.1, 0.15) is 5.54 Å². The fourth-order valence-electron chi connectivity index (χ4n) is 1.96. The lowest BCUT2D eigenvalue weighted by atomic mass is 9.90. The summed E-state index contributed by atoms with van der Waals surface area (Å²) in [7, 11) is 2.01. The first kappa shape index (κ1) is 12.0. The molecule has 1 aliphatic heterocycles. The standard InChI is InChI=1S/C11H18N2O2/c1-3-7-12-11(10(14)15)5-4-8-13(2)9-6-11/h1,12H,4-9H2,2H3,(H,14,15). The van der Waals surface area contributed by atoms with Crippen LogP contribution in [0.5, 0.6) is 0 Å². The summed E-state index contributed by atoms with van der Waals surface area (Å²) in [6, 6.07) is 0. The molecule has 84 valence electrons. The Labute approximate surface area is 90.6 Å². The van der Waals surface area contributed by atoms with Crippen LogP contribution in [-0.2, 0) is 4.79 Å². The van der Waals surface area contributed by atoms with Crippen LogP contribution in [0.3, 0.4) is 0 Å². The van der Waals surface area contributed by atoms with Crippen molar-refractivity contribution in [2.45, 2.75) is 24.8 Å². The molecule has 1 saturated heterocycles. The Morgan fingerprint density at radius 3 is 2.93 bits per heavy atom. The van der Waals surface area contributed by atoms with Gasteiger partial charge in [0.25, 0.3) is 0 Å². The molecule has 1 fully saturated rings. The van der Waals surface area contributed by atoms with Gasteiger partial charge in [-0.25, -0.2) is 0 Å². The van der Waals surface area contributed by atoms with E-state index in [0.29, 0.717) is 19.4 Å². The van der Waals surface area contributed by atoms with Crippen LogP contribution in [0.2, 0.25) is 0 Å². The summed E-state index contributed by atoms with van der Waals surface area (Å²) in [6.07, 6.45) is 7.30. The number of terminal acetylenes is 1. The van der Waals surface area contributed by atoms with Gasteiger partial charge < -0.3 is 10.0 Å². The van der Waals surface area contributed by atoms with Gasteiger partial charge in [-0.3, -0.25) is 10.1 Å². The molecule has 0 amide bonds. The van der Waals surface area contributed by atoms with Crippen molar-refractivity contribution in [3.8, 4) is 12.3 Å². The van der Waals surface area contributed by atoms with Crippen LogP contribution in [0, 0.1) is 12.3 Å². The van der Waals surface area contributed by atoms with E-state index >= 15 is 0 Å². The molecule has 1 unspecified atom stereocenters. The van der Waals surface area contributed by atoms with Crippen LogP contribution in [0.15, 0.2) is 0 Å². The lowest BCUT2D eigenvalue weighted by Crippen LogP contribution is -2.52.